The van der Waals surface area contributed by atoms with Crippen LogP contribution in [-0.2, 0) is 7.05 Å². The lowest BCUT2D eigenvalue weighted by molar-refractivity contribution is 0.111. The number of hydrogen-bond acceptors (Lipinski definition) is 7. The van der Waals surface area contributed by atoms with Crippen LogP contribution in [0.2, 0.25) is 0 Å². The Morgan fingerprint density at radius 1 is 1.26 bits per heavy atom. The number of carbonyl (C=O) groups excluding carboxylic acids is 2. The van der Waals surface area contributed by atoms with Gasteiger partial charge < -0.3 is 9.67 Å². The van der Waals surface area contributed by atoms with Gasteiger partial charge in [0.05, 0.1) is 16.6 Å². The second kappa shape index (κ2) is 10.6. The molecule has 8 heteroatoms. The van der Waals surface area contributed by atoms with Crippen molar-refractivity contribution in [2.75, 3.05) is 13.8 Å². The fourth-order valence-corrected chi connectivity index (χ4v) is 2.58. The normalized spacial score (nSPS) is 9.87. The molecule has 0 aromatic carbocycles. The molecule has 1 N–H and O–H groups in total. The molecule has 0 spiro atoms. The third kappa shape index (κ3) is 4.70. The second-order valence-corrected chi connectivity index (χ2v) is 4.87. The number of aryl methyl sites for hydroxylation is 1. The van der Waals surface area contributed by atoms with E-state index >= 15 is 0 Å². The molecule has 2 rings (SSSR count). The van der Waals surface area contributed by atoms with E-state index in [0.29, 0.717) is 28.2 Å². The van der Waals surface area contributed by atoms with E-state index in [1.807, 2.05) is 27.7 Å². The Bertz CT molecular complexity index is 661. The van der Waals surface area contributed by atoms with Crippen molar-refractivity contribution in [2.45, 2.75) is 27.7 Å². The number of aromatic nitrogens is 2. The van der Waals surface area contributed by atoms with Gasteiger partial charge in [-0.25, -0.2) is 4.98 Å². The van der Waals surface area contributed by atoms with Crippen molar-refractivity contribution in [1.82, 2.24) is 14.6 Å². The molecular formula is C15H24N4O3S. The molecule has 0 atom stereocenters. The van der Waals surface area contributed by atoms with Crippen LogP contribution in [0.4, 0.5) is 0 Å². The Kier molecular flexibility index (Phi) is 9.68. The molecule has 2 aromatic heterocycles. The van der Waals surface area contributed by atoms with Crippen molar-refractivity contribution >= 4 is 40.5 Å². The van der Waals surface area contributed by atoms with Crippen LogP contribution in [0.5, 0.6) is 0 Å². The summed E-state index contributed by atoms with van der Waals surface area (Å²) in [6, 6.07) is 0. The predicted molar refractivity (Wildman–Crippen MR) is 94.5 cm³/mol. The summed E-state index contributed by atoms with van der Waals surface area (Å²) >= 11 is 1.20. The van der Waals surface area contributed by atoms with Gasteiger partial charge >= 0.3 is 0 Å². The van der Waals surface area contributed by atoms with Crippen molar-refractivity contribution in [2.24, 2.45) is 12.1 Å². The first kappa shape index (κ1) is 20.9. The molecule has 2 heterocycles. The van der Waals surface area contributed by atoms with Gasteiger partial charge in [-0.2, -0.15) is 5.10 Å². The van der Waals surface area contributed by atoms with Gasteiger partial charge in [0.25, 0.3) is 0 Å². The van der Waals surface area contributed by atoms with E-state index in [1.54, 1.807) is 18.7 Å². The molecule has 0 unspecified atom stereocenters. The van der Waals surface area contributed by atoms with Gasteiger partial charge in [-0.3, -0.25) is 14.6 Å². The standard InChI is InChI=1S/C11H12N4O3S.2C2H6/c1-14(6-18)12-3-7-8(4-16)15(2)11-10(7)19-9(5-17)13-11;2*1-2/h3-5,18H,6H2,1-2H3;2*1-2H3/b12-3-;;. The lowest BCUT2D eigenvalue weighted by Gasteiger charge is -2.06. The summed E-state index contributed by atoms with van der Waals surface area (Å²) < 4.78 is 2.34. The first-order valence-electron chi connectivity index (χ1n) is 7.38. The van der Waals surface area contributed by atoms with Crippen LogP contribution in [0.25, 0.3) is 10.3 Å². The average molecular weight is 340 g/mol. The Balaban J connectivity index is 0.00000112. The van der Waals surface area contributed by atoms with E-state index in [1.165, 1.54) is 22.6 Å². The number of hydrogen-bond donors (Lipinski definition) is 1. The van der Waals surface area contributed by atoms with Crippen molar-refractivity contribution in [1.29, 1.82) is 0 Å². The number of hydrazone groups is 1. The van der Waals surface area contributed by atoms with Gasteiger partial charge in [-0.1, -0.05) is 27.7 Å². The minimum absolute atomic E-state index is 0.231. The molecule has 7 nitrogen and oxygen atoms in total. The first-order chi connectivity index (χ1) is 11.1. The highest BCUT2D eigenvalue weighted by Crippen LogP contribution is 2.28. The third-order valence-corrected chi connectivity index (χ3v) is 3.63. The molecule has 0 aliphatic heterocycles. The maximum absolute atomic E-state index is 11.1. The van der Waals surface area contributed by atoms with E-state index in [-0.39, 0.29) is 6.73 Å². The summed E-state index contributed by atoms with van der Waals surface area (Å²) in [7, 11) is 3.30. The van der Waals surface area contributed by atoms with Crippen LogP contribution in [0.15, 0.2) is 5.10 Å². The van der Waals surface area contributed by atoms with E-state index in [0.717, 1.165) is 11.0 Å². The van der Waals surface area contributed by atoms with Crippen LogP contribution in [-0.4, -0.2) is 52.2 Å². The zero-order valence-corrected chi connectivity index (χ0v) is 15.2. The molecule has 2 aromatic rings. The van der Waals surface area contributed by atoms with Crippen molar-refractivity contribution in [3.8, 4) is 0 Å². The van der Waals surface area contributed by atoms with Gasteiger partial charge in [0.15, 0.2) is 23.2 Å². The molecular weight excluding hydrogens is 316 g/mol. The third-order valence-electron chi connectivity index (χ3n) is 2.63. The van der Waals surface area contributed by atoms with Crippen LogP contribution >= 0.6 is 11.3 Å². The fraction of sp³-hybridized carbons (Fsp3) is 0.467. The topological polar surface area (TPSA) is 87.8 Å². The molecule has 0 saturated carbocycles. The molecule has 23 heavy (non-hydrogen) atoms. The highest BCUT2D eigenvalue weighted by atomic mass is 32.1. The van der Waals surface area contributed by atoms with E-state index in [9.17, 15) is 9.59 Å². The molecule has 0 amide bonds. The molecule has 0 aliphatic rings. The van der Waals surface area contributed by atoms with E-state index in [4.69, 9.17) is 5.11 Å². The minimum Gasteiger partial charge on any atom is -0.375 e. The van der Waals surface area contributed by atoms with E-state index in [2.05, 4.69) is 10.1 Å². The zero-order valence-electron chi connectivity index (χ0n) is 14.4. The smallest absolute Gasteiger partial charge is 0.178 e. The van der Waals surface area contributed by atoms with Gasteiger partial charge in [0, 0.05) is 19.7 Å². The first-order valence-corrected chi connectivity index (χ1v) is 8.19. The number of aldehydes is 2. The number of aliphatic hydroxyl groups excluding tert-OH is 1. The Hall–Kier alpha value is -2.06. The number of thiazole rings is 1. The average Bonchev–Trinajstić information content (AvgIpc) is 3.14. The monoisotopic (exact) mass is 340 g/mol. The summed E-state index contributed by atoms with van der Waals surface area (Å²) in [5.41, 5.74) is 1.60. The van der Waals surface area contributed by atoms with Crippen LogP contribution in [0.3, 0.4) is 0 Å². The lowest BCUT2D eigenvalue weighted by Crippen LogP contribution is -2.12. The maximum Gasteiger partial charge on any atom is 0.178 e. The summed E-state index contributed by atoms with van der Waals surface area (Å²) in [4.78, 5) is 26.0. The number of carbonyl (C=O) groups is 2. The van der Waals surface area contributed by atoms with Crippen LogP contribution in [0, 0.1) is 0 Å². The summed E-state index contributed by atoms with van der Waals surface area (Å²) in [5, 5.41) is 14.5. The van der Waals surface area contributed by atoms with E-state index < -0.39 is 0 Å². The van der Waals surface area contributed by atoms with Gasteiger partial charge in [-0.05, 0) is 0 Å². The summed E-state index contributed by atoms with van der Waals surface area (Å²) in [5.74, 6) is 0. The molecule has 0 fully saturated rings. The highest BCUT2D eigenvalue weighted by molar-refractivity contribution is 7.20. The zero-order chi connectivity index (χ0) is 18.0. The lowest BCUT2D eigenvalue weighted by atomic mass is 10.3. The Labute approximate surface area is 140 Å². The molecule has 0 bridgehead atoms. The molecule has 0 saturated heterocycles. The molecule has 128 valence electrons. The van der Waals surface area contributed by atoms with Crippen LogP contribution < -0.4 is 0 Å². The van der Waals surface area contributed by atoms with Crippen LogP contribution in [0.1, 0.15) is 53.5 Å². The van der Waals surface area contributed by atoms with Crippen molar-refractivity contribution in [3.63, 3.8) is 0 Å². The predicted octanol–water partition coefficient (Wildman–Crippen LogP) is 2.53. The quantitative estimate of drug-likeness (QED) is 0.391. The SMILES string of the molecule is CC.CC.CN(CO)/N=C\c1c(C=O)n(C)c2nc(C=O)sc12. The summed E-state index contributed by atoms with van der Waals surface area (Å²) in [6.45, 7) is 7.77. The van der Waals surface area contributed by atoms with Gasteiger partial charge in [0.2, 0.25) is 0 Å². The molecule has 0 aliphatic carbocycles. The number of fused-ring (bicyclic) bond motifs is 1. The molecule has 0 radical (unpaired) electrons. The van der Waals surface area contributed by atoms with Crippen molar-refractivity contribution in [3.05, 3.63) is 16.3 Å². The Morgan fingerprint density at radius 2 is 1.87 bits per heavy atom. The minimum atomic E-state index is -0.231. The number of rotatable bonds is 5. The second-order valence-electron chi connectivity index (χ2n) is 3.84. The number of aliphatic hydroxyl groups is 1. The highest BCUT2D eigenvalue weighted by Gasteiger charge is 2.17. The maximum atomic E-state index is 11.1. The largest absolute Gasteiger partial charge is 0.375 e. The van der Waals surface area contributed by atoms with Gasteiger partial charge in [0.1, 0.15) is 6.73 Å². The van der Waals surface area contributed by atoms with Crippen molar-refractivity contribution < 1.29 is 14.7 Å². The number of nitrogens with zero attached hydrogens (tertiary/aromatic N) is 4. The Morgan fingerprint density at radius 3 is 2.35 bits per heavy atom. The summed E-state index contributed by atoms with van der Waals surface area (Å²) in [6.07, 6.45) is 2.87. The fourth-order valence-electron chi connectivity index (χ4n) is 1.65. The van der Waals surface area contributed by atoms with Gasteiger partial charge in [-0.15, -0.1) is 11.3 Å².